The summed E-state index contributed by atoms with van der Waals surface area (Å²) in [5.74, 6) is 0.337. The molecular formula is C13H16F3N3O. The van der Waals surface area contributed by atoms with Crippen molar-refractivity contribution >= 4 is 11.7 Å². The molecule has 7 heteroatoms. The number of nitrogens with two attached hydrogens (primary N) is 1. The molecule has 0 aliphatic heterocycles. The first kappa shape index (κ1) is 14.6. The van der Waals surface area contributed by atoms with Crippen LogP contribution in [-0.4, -0.2) is 18.6 Å². The van der Waals surface area contributed by atoms with E-state index in [4.69, 9.17) is 5.73 Å². The highest BCUT2D eigenvalue weighted by Crippen LogP contribution is 2.35. The molecule has 1 aliphatic rings. The highest BCUT2D eigenvalue weighted by atomic mass is 19.4. The molecule has 1 aromatic carbocycles. The van der Waals surface area contributed by atoms with Crippen molar-refractivity contribution in [2.75, 3.05) is 11.9 Å². The third kappa shape index (κ3) is 3.63. The molecule has 4 nitrogen and oxygen atoms in total. The maximum Gasteiger partial charge on any atom is 0.418 e. The van der Waals surface area contributed by atoms with Crippen molar-refractivity contribution in [3.8, 4) is 0 Å². The zero-order valence-corrected chi connectivity index (χ0v) is 10.7. The number of hydrogen-bond donors (Lipinski definition) is 3. The molecule has 1 atom stereocenters. The molecule has 1 aliphatic carbocycles. The first-order valence-corrected chi connectivity index (χ1v) is 6.35. The number of para-hydroxylation sites is 1. The van der Waals surface area contributed by atoms with Crippen molar-refractivity contribution < 1.29 is 18.0 Å². The summed E-state index contributed by atoms with van der Waals surface area (Å²) in [6.45, 7) is 0.277. The Hall–Kier alpha value is -1.76. The Kier molecular flexibility index (Phi) is 4.17. The van der Waals surface area contributed by atoms with Crippen LogP contribution in [0.3, 0.4) is 0 Å². The van der Waals surface area contributed by atoms with E-state index >= 15 is 0 Å². The number of amides is 2. The lowest BCUT2D eigenvalue weighted by atomic mass is 10.1. The SMILES string of the molecule is NCC(NC(=O)Nc1ccccc1C(F)(F)F)C1CC1. The first-order chi connectivity index (χ1) is 9.41. The van der Waals surface area contributed by atoms with Gasteiger partial charge in [-0.3, -0.25) is 0 Å². The molecule has 2 amide bonds. The third-order valence-corrected chi connectivity index (χ3v) is 3.24. The maximum atomic E-state index is 12.8. The fourth-order valence-electron chi connectivity index (χ4n) is 2.03. The van der Waals surface area contributed by atoms with E-state index < -0.39 is 17.8 Å². The van der Waals surface area contributed by atoms with Crippen LogP contribution in [0.1, 0.15) is 18.4 Å². The second-order valence-electron chi connectivity index (χ2n) is 4.82. The van der Waals surface area contributed by atoms with Crippen LogP contribution in [0.2, 0.25) is 0 Å². The smallest absolute Gasteiger partial charge is 0.334 e. The fourth-order valence-corrected chi connectivity index (χ4v) is 2.03. The van der Waals surface area contributed by atoms with E-state index in [2.05, 4.69) is 10.6 Å². The second kappa shape index (κ2) is 5.70. The number of anilines is 1. The van der Waals surface area contributed by atoms with E-state index in [1.165, 1.54) is 18.2 Å². The van der Waals surface area contributed by atoms with Gasteiger partial charge in [0.15, 0.2) is 0 Å². The second-order valence-corrected chi connectivity index (χ2v) is 4.82. The molecule has 2 rings (SSSR count). The van der Waals surface area contributed by atoms with Crippen molar-refractivity contribution in [3.63, 3.8) is 0 Å². The van der Waals surface area contributed by atoms with E-state index in [0.29, 0.717) is 5.92 Å². The molecule has 0 aromatic heterocycles. The van der Waals surface area contributed by atoms with Gasteiger partial charge in [0, 0.05) is 12.6 Å². The molecule has 1 fully saturated rings. The molecule has 110 valence electrons. The predicted octanol–water partition coefficient (Wildman–Crippen LogP) is 2.56. The Morgan fingerprint density at radius 1 is 1.35 bits per heavy atom. The minimum atomic E-state index is -4.51. The van der Waals surface area contributed by atoms with Gasteiger partial charge in [-0.15, -0.1) is 0 Å². The highest BCUT2D eigenvalue weighted by molar-refractivity contribution is 5.90. The summed E-state index contributed by atoms with van der Waals surface area (Å²) in [7, 11) is 0. The van der Waals surface area contributed by atoms with Gasteiger partial charge < -0.3 is 16.4 Å². The highest BCUT2D eigenvalue weighted by Gasteiger charge is 2.34. The van der Waals surface area contributed by atoms with E-state index in [1.54, 1.807) is 0 Å². The van der Waals surface area contributed by atoms with Gasteiger partial charge in [-0.2, -0.15) is 13.2 Å². The number of rotatable bonds is 4. The summed E-state index contributed by atoms with van der Waals surface area (Å²) >= 11 is 0. The number of nitrogens with one attached hydrogen (secondary N) is 2. The topological polar surface area (TPSA) is 67.1 Å². The van der Waals surface area contributed by atoms with Gasteiger partial charge in [0.1, 0.15) is 0 Å². The van der Waals surface area contributed by atoms with Crippen molar-refractivity contribution in [3.05, 3.63) is 29.8 Å². The average molecular weight is 287 g/mol. The molecule has 1 unspecified atom stereocenters. The summed E-state index contributed by atoms with van der Waals surface area (Å²) in [5.41, 5.74) is 4.40. The number of urea groups is 1. The average Bonchev–Trinajstić information content (AvgIpc) is 3.19. The van der Waals surface area contributed by atoms with Gasteiger partial charge in [0.2, 0.25) is 0 Å². The van der Waals surface area contributed by atoms with Gasteiger partial charge in [0.05, 0.1) is 11.3 Å². The minimum Gasteiger partial charge on any atom is -0.334 e. The van der Waals surface area contributed by atoms with Gasteiger partial charge in [-0.25, -0.2) is 4.79 Å². The number of hydrogen-bond acceptors (Lipinski definition) is 2. The number of benzene rings is 1. The third-order valence-electron chi connectivity index (χ3n) is 3.24. The lowest BCUT2D eigenvalue weighted by molar-refractivity contribution is -0.136. The summed E-state index contributed by atoms with van der Waals surface area (Å²) < 4.78 is 38.3. The fraction of sp³-hybridized carbons (Fsp3) is 0.462. The molecule has 0 heterocycles. The standard InChI is InChI=1S/C13H16F3N3O/c14-13(15,16)9-3-1-2-4-10(9)18-12(20)19-11(7-17)8-5-6-8/h1-4,8,11H,5-7,17H2,(H2,18,19,20). The lowest BCUT2D eigenvalue weighted by Gasteiger charge is -2.18. The van der Waals surface area contributed by atoms with Crippen molar-refractivity contribution in [1.29, 1.82) is 0 Å². The van der Waals surface area contributed by atoms with Crippen LogP contribution in [0, 0.1) is 5.92 Å². The molecule has 4 N–H and O–H groups in total. The van der Waals surface area contributed by atoms with Crippen LogP contribution >= 0.6 is 0 Å². The number of carbonyl (C=O) groups is 1. The number of carbonyl (C=O) groups excluding carboxylic acids is 1. The maximum absolute atomic E-state index is 12.8. The molecule has 0 saturated heterocycles. The summed E-state index contributed by atoms with van der Waals surface area (Å²) in [5, 5.41) is 4.85. The largest absolute Gasteiger partial charge is 0.418 e. The Morgan fingerprint density at radius 2 is 2.00 bits per heavy atom. The Labute approximate surface area is 114 Å². The monoisotopic (exact) mass is 287 g/mol. The molecule has 20 heavy (non-hydrogen) atoms. The van der Waals surface area contributed by atoms with Crippen molar-refractivity contribution in [1.82, 2.24) is 5.32 Å². The van der Waals surface area contributed by atoms with E-state index in [0.717, 1.165) is 18.9 Å². The number of alkyl halides is 3. The van der Waals surface area contributed by atoms with E-state index in [9.17, 15) is 18.0 Å². The zero-order chi connectivity index (χ0) is 14.8. The Balaban J connectivity index is 2.04. The summed E-state index contributed by atoms with van der Waals surface area (Å²) in [6, 6.07) is 4.01. The Morgan fingerprint density at radius 3 is 2.55 bits per heavy atom. The summed E-state index contributed by atoms with van der Waals surface area (Å²) in [6.07, 6.45) is -2.53. The normalized spacial score (nSPS) is 16.6. The van der Waals surface area contributed by atoms with Gasteiger partial charge in [-0.1, -0.05) is 12.1 Å². The van der Waals surface area contributed by atoms with Crippen LogP contribution in [0.25, 0.3) is 0 Å². The molecule has 0 spiro atoms. The number of halogens is 3. The summed E-state index contributed by atoms with van der Waals surface area (Å²) in [4.78, 5) is 11.7. The molecule has 0 radical (unpaired) electrons. The van der Waals surface area contributed by atoms with Gasteiger partial charge in [0.25, 0.3) is 0 Å². The van der Waals surface area contributed by atoms with Gasteiger partial charge in [-0.05, 0) is 30.9 Å². The predicted molar refractivity (Wildman–Crippen MR) is 69.2 cm³/mol. The van der Waals surface area contributed by atoms with Crippen LogP contribution in [0.4, 0.5) is 23.7 Å². The van der Waals surface area contributed by atoms with Crippen molar-refractivity contribution in [2.45, 2.75) is 25.1 Å². The van der Waals surface area contributed by atoms with Gasteiger partial charge >= 0.3 is 12.2 Å². The first-order valence-electron chi connectivity index (χ1n) is 6.35. The zero-order valence-electron chi connectivity index (χ0n) is 10.7. The van der Waals surface area contributed by atoms with Crippen molar-refractivity contribution in [2.24, 2.45) is 11.7 Å². The Bertz CT molecular complexity index is 486. The van der Waals surface area contributed by atoms with Crippen LogP contribution in [0.15, 0.2) is 24.3 Å². The minimum absolute atomic E-state index is 0.187. The van der Waals surface area contributed by atoms with E-state index in [-0.39, 0.29) is 18.3 Å². The van der Waals surface area contributed by atoms with Crippen LogP contribution in [0.5, 0.6) is 0 Å². The molecule has 0 bridgehead atoms. The molecule has 1 saturated carbocycles. The van der Waals surface area contributed by atoms with E-state index in [1.807, 2.05) is 0 Å². The quantitative estimate of drug-likeness (QED) is 0.796. The molecule has 1 aromatic rings. The van der Waals surface area contributed by atoms with Crippen LogP contribution < -0.4 is 16.4 Å². The van der Waals surface area contributed by atoms with Crippen LogP contribution in [-0.2, 0) is 6.18 Å². The molecular weight excluding hydrogens is 271 g/mol. The lowest BCUT2D eigenvalue weighted by Crippen LogP contribution is -2.44.